The lowest BCUT2D eigenvalue weighted by Crippen LogP contribution is -2.46. The van der Waals surface area contributed by atoms with Gasteiger partial charge in [-0.1, -0.05) is 11.6 Å². The molecule has 1 N–H and O–H groups in total. The highest BCUT2D eigenvalue weighted by molar-refractivity contribution is 6.31. The Balaban J connectivity index is 2.38. The number of carboxylic acid groups (broad SMARTS) is 1. The van der Waals surface area contributed by atoms with Gasteiger partial charge in [-0.3, -0.25) is 10.1 Å². The van der Waals surface area contributed by atoms with E-state index < -0.39 is 28.5 Å². The van der Waals surface area contributed by atoms with Crippen LogP contribution in [-0.4, -0.2) is 41.8 Å². The van der Waals surface area contributed by atoms with Crippen molar-refractivity contribution >= 4 is 28.9 Å². The molecular formula is C11H10ClFN2O5. The fourth-order valence-corrected chi connectivity index (χ4v) is 2.10. The summed E-state index contributed by atoms with van der Waals surface area (Å²) >= 11 is 5.64. The standard InChI is InChI=1S/C11H10ClFN2O5/c12-6-3-8(9(15(18)19)4-7(6)13)14-1-2-20-10(5-14)11(16)17/h3-4,10H,1-2,5H2,(H,16,17). The van der Waals surface area contributed by atoms with E-state index in [0.717, 1.165) is 12.1 Å². The number of halogens is 2. The van der Waals surface area contributed by atoms with Gasteiger partial charge in [0.25, 0.3) is 5.69 Å². The Morgan fingerprint density at radius 2 is 2.30 bits per heavy atom. The first-order chi connectivity index (χ1) is 9.40. The fourth-order valence-electron chi connectivity index (χ4n) is 1.94. The van der Waals surface area contributed by atoms with E-state index in [1.165, 1.54) is 4.90 Å². The predicted molar refractivity (Wildman–Crippen MR) is 67.7 cm³/mol. The fraction of sp³-hybridized carbons (Fsp3) is 0.364. The van der Waals surface area contributed by atoms with E-state index in [0.29, 0.717) is 0 Å². The van der Waals surface area contributed by atoms with Crippen molar-refractivity contribution < 1.29 is 24.0 Å². The highest BCUT2D eigenvalue weighted by atomic mass is 35.5. The Bertz CT molecular complexity index is 568. The van der Waals surface area contributed by atoms with Gasteiger partial charge >= 0.3 is 5.97 Å². The quantitative estimate of drug-likeness (QED) is 0.674. The number of anilines is 1. The summed E-state index contributed by atoms with van der Waals surface area (Å²) in [5.74, 6) is -2.06. The van der Waals surface area contributed by atoms with Crippen LogP contribution in [0, 0.1) is 15.9 Å². The maximum atomic E-state index is 13.3. The van der Waals surface area contributed by atoms with Crippen molar-refractivity contribution in [2.45, 2.75) is 6.10 Å². The van der Waals surface area contributed by atoms with Crippen LogP contribution in [0.15, 0.2) is 12.1 Å². The molecule has 0 bridgehead atoms. The molecule has 20 heavy (non-hydrogen) atoms. The van der Waals surface area contributed by atoms with Crippen LogP contribution in [-0.2, 0) is 9.53 Å². The van der Waals surface area contributed by atoms with E-state index in [1.807, 2.05) is 0 Å². The molecule has 1 aliphatic rings. The zero-order valence-electron chi connectivity index (χ0n) is 10.1. The summed E-state index contributed by atoms with van der Waals surface area (Å²) in [5.41, 5.74) is -0.381. The normalized spacial score (nSPS) is 18.9. The minimum Gasteiger partial charge on any atom is -0.479 e. The van der Waals surface area contributed by atoms with Crippen molar-refractivity contribution in [3.8, 4) is 0 Å². The Labute approximate surface area is 117 Å². The number of hydrogen-bond donors (Lipinski definition) is 1. The summed E-state index contributed by atoms with van der Waals surface area (Å²) < 4.78 is 18.3. The first kappa shape index (κ1) is 14.5. The van der Waals surface area contributed by atoms with Gasteiger partial charge in [0.2, 0.25) is 0 Å². The molecule has 7 nitrogen and oxygen atoms in total. The van der Waals surface area contributed by atoms with Gasteiger partial charge < -0.3 is 14.7 Å². The van der Waals surface area contributed by atoms with Gasteiger partial charge in [0.15, 0.2) is 6.10 Å². The van der Waals surface area contributed by atoms with E-state index in [2.05, 4.69) is 0 Å². The highest BCUT2D eigenvalue weighted by Crippen LogP contribution is 2.34. The number of carboxylic acids is 1. The van der Waals surface area contributed by atoms with Crippen molar-refractivity contribution in [2.75, 3.05) is 24.6 Å². The SMILES string of the molecule is O=C(O)C1CN(c2cc(Cl)c(F)cc2[N+](=O)[O-])CCO1. The van der Waals surface area contributed by atoms with E-state index in [1.54, 1.807) is 0 Å². The average molecular weight is 305 g/mol. The molecule has 1 aliphatic heterocycles. The zero-order valence-corrected chi connectivity index (χ0v) is 10.8. The largest absolute Gasteiger partial charge is 0.479 e. The minimum absolute atomic E-state index is 0.0713. The molecule has 1 unspecified atom stereocenters. The van der Waals surface area contributed by atoms with E-state index >= 15 is 0 Å². The van der Waals surface area contributed by atoms with Gasteiger partial charge in [-0.25, -0.2) is 9.18 Å². The number of rotatable bonds is 3. The number of morpholine rings is 1. The van der Waals surface area contributed by atoms with Crippen LogP contribution in [0.3, 0.4) is 0 Å². The number of hydrogen-bond acceptors (Lipinski definition) is 5. The number of ether oxygens (including phenoxy) is 1. The maximum Gasteiger partial charge on any atom is 0.334 e. The van der Waals surface area contributed by atoms with Gasteiger partial charge in [0, 0.05) is 6.54 Å². The molecule has 1 fully saturated rings. The minimum atomic E-state index is -1.16. The molecule has 0 aromatic heterocycles. The van der Waals surface area contributed by atoms with E-state index in [9.17, 15) is 19.3 Å². The topological polar surface area (TPSA) is 92.9 Å². The Kier molecular flexibility index (Phi) is 4.05. The van der Waals surface area contributed by atoms with E-state index in [4.69, 9.17) is 21.4 Å². The molecule has 1 heterocycles. The van der Waals surface area contributed by atoms with Crippen LogP contribution in [0.1, 0.15) is 0 Å². The molecular weight excluding hydrogens is 295 g/mol. The second-order valence-corrected chi connectivity index (χ2v) is 4.56. The Morgan fingerprint density at radius 1 is 1.60 bits per heavy atom. The second kappa shape index (κ2) is 5.59. The molecule has 1 atom stereocenters. The first-order valence-electron chi connectivity index (χ1n) is 5.63. The van der Waals surface area contributed by atoms with Crippen LogP contribution in [0.25, 0.3) is 0 Å². The number of nitrogens with zero attached hydrogens (tertiary/aromatic N) is 2. The molecule has 9 heteroatoms. The third-order valence-corrected chi connectivity index (χ3v) is 3.19. The van der Waals surface area contributed by atoms with Crippen molar-refractivity contribution in [3.63, 3.8) is 0 Å². The lowest BCUT2D eigenvalue weighted by molar-refractivity contribution is -0.384. The number of carbonyl (C=O) groups is 1. The second-order valence-electron chi connectivity index (χ2n) is 4.16. The predicted octanol–water partition coefficient (Wildman–Crippen LogP) is 1.68. The lowest BCUT2D eigenvalue weighted by atomic mass is 10.2. The number of nitro benzene ring substituents is 1. The maximum absolute atomic E-state index is 13.3. The summed E-state index contributed by atoms with van der Waals surface area (Å²) in [6.45, 7) is 0.286. The lowest BCUT2D eigenvalue weighted by Gasteiger charge is -2.32. The summed E-state index contributed by atoms with van der Waals surface area (Å²) in [6.07, 6.45) is -1.09. The molecule has 0 saturated carbocycles. The smallest absolute Gasteiger partial charge is 0.334 e. The number of nitro groups is 1. The van der Waals surface area contributed by atoms with Gasteiger partial charge in [-0.15, -0.1) is 0 Å². The third kappa shape index (κ3) is 2.81. The third-order valence-electron chi connectivity index (χ3n) is 2.90. The molecule has 108 valence electrons. The molecule has 1 aromatic carbocycles. The van der Waals surface area contributed by atoms with Gasteiger partial charge in [0.1, 0.15) is 11.5 Å². The Hall–Kier alpha value is -1.93. The highest BCUT2D eigenvalue weighted by Gasteiger charge is 2.30. The zero-order chi connectivity index (χ0) is 14.9. The van der Waals surface area contributed by atoms with E-state index in [-0.39, 0.29) is 30.4 Å². The average Bonchev–Trinajstić information content (AvgIpc) is 2.41. The molecule has 0 radical (unpaired) electrons. The summed E-state index contributed by atoms with van der Waals surface area (Å²) in [5, 5.41) is 19.6. The van der Waals surface area contributed by atoms with Gasteiger partial charge in [0.05, 0.1) is 29.2 Å². The first-order valence-corrected chi connectivity index (χ1v) is 6.00. The molecule has 1 aromatic rings. The number of benzene rings is 1. The molecule has 0 aliphatic carbocycles. The Morgan fingerprint density at radius 3 is 2.90 bits per heavy atom. The van der Waals surface area contributed by atoms with Gasteiger partial charge in [-0.05, 0) is 6.07 Å². The van der Waals surface area contributed by atoms with Crippen molar-refractivity contribution in [2.24, 2.45) is 0 Å². The van der Waals surface area contributed by atoms with Crippen LogP contribution in [0.4, 0.5) is 15.8 Å². The van der Waals surface area contributed by atoms with Gasteiger partial charge in [-0.2, -0.15) is 0 Å². The molecule has 1 saturated heterocycles. The van der Waals surface area contributed by atoms with Crippen LogP contribution in [0.5, 0.6) is 0 Å². The summed E-state index contributed by atoms with van der Waals surface area (Å²) in [4.78, 5) is 22.6. The molecule has 2 rings (SSSR count). The summed E-state index contributed by atoms with van der Waals surface area (Å²) in [6, 6.07) is 1.85. The number of aliphatic carboxylic acids is 1. The monoisotopic (exact) mass is 304 g/mol. The van der Waals surface area contributed by atoms with Crippen molar-refractivity contribution in [1.29, 1.82) is 0 Å². The van der Waals surface area contributed by atoms with Crippen LogP contribution >= 0.6 is 11.6 Å². The van der Waals surface area contributed by atoms with Crippen molar-refractivity contribution in [3.05, 3.63) is 33.1 Å². The van der Waals surface area contributed by atoms with Crippen LogP contribution < -0.4 is 4.90 Å². The summed E-state index contributed by atoms with van der Waals surface area (Å²) in [7, 11) is 0. The van der Waals surface area contributed by atoms with Crippen molar-refractivity contribution in [1.82, 2.24) is 0 Å². The molecule has 0 spiro atoms. The molecule has 0 amide bonds. The van der Waals surface area contributed by atoms with Crippen LogP contribution in [0.2, 0.25) is 5.02 Å².